The molecule has 0 bridgehead atoms. The van der Waals surface area contributed by atoms with Crippen LogP contribution in [-0.4, -0.2) is 33.3 Å². The summed E-state index contributed by atoms with van der Waals surface area (Å²) in [5.41, 5.74) is -2.45. The SMILES string of the molecule is CC(NC(=O)c1c(C(F)(F)F)nn2c1N(Cc1cc(Br)cc(C(F)(F)F)c1)CC2)c1ccc(C(=O)O)cc1. The van der Waals surface area contributed by atoms with E-state index in [2.05, 4.69) is 26.3 Å². The van der Waals surface area contributed by atoms with Crippen LogP contribution in [0.3, 0.4) is 0 Å². The second-order valence-electron chi connectivity index (χ2n) is 8.66. The van der Waals surface area contributed by atoms with Gasteiger partial charge in [-0.05, 0) is 48.4 Å². The van der Waals surface area contributed by atoms with Gasteiger partial charge in [-0.1, -0.05) is 28.1 Å². The molecule has 2 N–H and O–H groups in total. The van der Waals surface area contributed by atoms with Crippen LogP contribution in [0.25, 0.3) is 0 Å². The Morgan fingerprint density at radius 1 is 1.05 bits per heavy atom. The van der Waals surface area contributed by atoms with E-state index >= 15 is 0 Å². The van der Waals surface area contributed by atoms with Crippen molar-refractivity contribution in [2.45, 2.75) is 38.4 Å². The maximum Gasteiger partial charge on any atom is 0.436 e. The molecule has 14 heteroatoms. The van der Waals surface area contributed by atoms with Crippen molar-refractivity contribution in [1.82, 2.24) is 15.1 Å². The highest BCUT2D eigenvalue weighted by Gasteiger charge is 2.44. The Hall–Kier alpha value is -3.55. The topological polar surface area (TPSA) is 87.5 Å². The number of aromatic nitrogens is 2. The molecule has 0 saturated heterocycles. The number of fused-ring (bicyclic) bond motifs is 1. The highest BCUT2D eigenvalue weighted by Crippen LogP contribution is 2.39. The number of carbonyl (C=O) groups excluding carboxylic acids is 1. The molecule has 1 aliphatic heterocycles. The maximum absolute atomic E-state index is 13.9. The third-order valence-corrected chi connectivity index (χ3v) is 6.42. The van der Waals surface area contributed by atoms with Crippen LogP contribution in [0.2, 0.25) is 0 Å². The van der Waals surface area contributed by atoms with Crippen molar-refractivity contribution in [3.63, 3.8) is 0 Å². The molecular weight excluding hydrogens is 586 g/mol. The van der Waals surface area contributed by atoms with E-state index in [1.54, 1.807) is 0 Å². The highest BCUT2D eigenvalue weighted by atomic mass is 79.9. The maximum atomic E-state index is 13.9. The van der Waals surface area contributed by atoms with Gasteiger partial charge in [-0.3, -0.25) is 4.79 Å². The molecule has 0 fully saturated rings. The van der Waals surface area contributed by atoms with Gasteiger partial charge in [-0.15, -0.1) is 0 Å². The number of rotatable bonds is 6. The fraction of sp³-hybridized carbons (Fsp3) is 0.292. The first kappa shape index (κ1) is 27.5. The lowest BCUT2D eigenvalue weighted by Gasteiger charge is -2.21. The average molecular weight is 605 g/mol. The van der Waals surface area contributed by atoms with E-state index in [1.807, 2.05) is 0 Å². The van der Waals surface area contributed by atoms with Crippen LogP contribution in [0.4, 0.5) is 32.2 Å². The lowest BCUT2D eigenvalue weighted by molar-refractivity contribution is -0.142. The molecule has 2 aromatic carbocycles. The smallest absolute Gasteiger partial charge is 0.436 e. The molecule has 38 heavy (non-hydrogen) atoms. The van der Waals surface area contributed by atoms with Gasteiger partial charge in [0.1, 0.15) is 11.4 Å². The van der Waals surface area contributed by atoms with Crippen molar-refractivity contribution < 1.29 is 41.0 Å². The van der Waals surface area contributed by atoms with Gasteiger partial charge in [0.2, 0.25) is 0 Å². The van der Waals surface area contributed by atoms with Crippen LogP contribution < -0.4 is 10.2 Å². The number of amides is 1. The van der Waals surface area contributed by atoms with E-state index < -0.39 is 47.1 Å². The molecule has 0 radical (unpaired) electrons. The zero-order valence-corrected chi connectivity index (χ0v) is 21.1. The summed E-state index contributed by atoms with van der Waals surface area (Å²) in [7, 11) is 0. The fourth-order valence-corrected chi connectivity index (χ4v) is 4.75. The number of hydrogen-bond donors (Lipinski definition) is 2. The van der Waals surface area contributed by atoms with Gasteiger partial charge in [0.25, 0.3) is 5.91 Å². The number of carbonyl (C=O) groups is 2. The zero-order chi connectivity index (χ0) is 28.0. The van der Waals surface area contributed by atoms with E-state index in [9.17, 15) is 35.9 Å². The highest BCUT2D eigenvalue weighted by molar-refractivity contribution is 9.10. The van der Waals surface area contributed by atoms with Crippen molar-refractivity contribution in [1.29, 1.82) is 0 Å². The van der Waals surface area contributed by atoms with E-state index in [4.69, 9.17) is 5.11 Å². The molecular formula is C24H19BrF6N4O3. The first-order chi connectivity index (χ1) is 17.6. The Bertz CT molecular complexity index is 1390. The van der Waals surface area contributed by atoms with Crippen molar-refractivity contribution in [2.75, 3.05) is 11.4 Å². The van der Waals surface area contributed by atoms with Crippen LogP contribution in [0.1, 0.15) is 56.1 Å². The van der Waals surface area contributed by atoms with Gasteiger partial charge < -0.3 is 15.3 Å². The summed E-state index contributed by atoms with van der Waals surface area (Å²) >= 11 is 3.03. The Morgan fingerprint density at radius 3 is 2.29 bits per heavy atom. The Morgan fingerprint density at radius 2 is 1.71 bits per heavy atom. The molecule has 1 atom stereocenters. The average Bonchev–Trinajstić information content (AvgIpc) is 3.38. The number of benzene rings is 2. The molecule has 1 unspecified atom stereocenters. The summed E-state index contributed by atoms with van der Waals surface area (Å²) in [5, 5.41) is 15.1. The summed E-state index contributed by atoms with van der Waals surface area (Å²) in [6.07, 6.45) is -9.60. The summed E-state index contributed by atoms with van der Waals surface area (Å²) in [6.45, 7) is 1.44. The summed E-state index contributed by atoms with van der Waals surface area (Å²) in [5.74, 6) is -2.39. The van der Waals surface area contributed by atoms with Gasteiger partial charge in [0.15, 0.2) is 5.69 Å². The molecule has 0 aliphatic carbocycles. The van der Waals surface area contributed by atoms with Gasteiger partial charge in [-0.25, -0.2) is 9.48 Å². The monoisotopic (exact) mass is 604 g/mol. The molecule has 1 aromatic heterocycles. The summed E-state index contributed by atoms with van der Waals surface area (Å²) in [4.78, 5) is 25.6. The predicted molar refractivity (Wildman–Crippen MR) is 127 cm³/mol. The van der Waals surface area contributed by atoms with Crippen LogP contribution >= 0.6 is 15.9 Å². The minimum atomic E-state index is -4.97. The van der Waals surface area contributed by atoms with Gasteiger partial charge in [0.05, 0.1) is 23.7 Å². The third-order valence-electron chi connectivity index (χ3n) is 5.97. The number of hydrogen-bond acceptors (Lipinski definition) is 4. The van der Waals surface area contributed by atoms with Gasteiger partial charge in [0, 0.05) is 17.6 Å². The first-order valence-electron chi connectivity index (χ1n) is 11.1. The third kappa shape index (κ3) is 5.64. The molecule has 202 valence electrons. The summed E-state index contributed by atoms with van der Waals surface area (Å²) in [6, 6.07) is 7.87. The quantitative estimate of drug-likeness (QED) is 0.343. The second-order valence-corrected chi connectivity index (χ2v) is 9.57. The number of halogens is 7. The number of carboxylic acids is 1. The number of nitrogens with one attached hydrogen (secondary N) is 1. The van der Waals surface area contributed by atoms with Gasteiger partial charge in [-0.2, -0.15) is 31.4 Å². The molecule has 0 saturated carbocycles. The first-order valence-corrected chi connectivity index (χ1v) is 11.9. The van der Waals surface area contributed by atoms with Gasteiger partial charge >= 0.3 is 18.3 Å². The molecule has 1 aliphatic rings. The molecule has 4 rings (SSSR count). The normalized spacial score (nSPS) is 14.4. The van der Waals surface area contributed by atoms with E-state index in [0.717, 1.165) is 16.8 Å². The van der Waals surface area contributed by atoms with Crippen LogP contribution in [0.5, 0.6) is 0 Å². The van der Waals surface area contributed by atoms with E-state index in [-0.39, 0.29) is 41.1 Å². The fourth-order valence-electron chi connectivity index (χ4n) is 4.21. The van der Waals surface area contributed by atoms with Crippen molar-refractivity contribution >= 4 is 33.6 Å². The standard InChI is InChI=1S/C24H19BrF6N4O3/c1-12(14-2-4-15(5-3-14)22(37)38)32-20(36)18-19(24(29,30)31)33-35-7-6-34(21(18)35)11-13-8-16(23(26,27)28)10-17(25)9-13/h2-5,8-10,12H,6-7,11H2,1H3,(H,32,36)(H,37,38). The lowest BCUT2D eigenvalue weighted by atomic mass is 10.1. The number of aromatic carboxylic acids is 1. The molecule has 1 amide bonds. The minimum Gasteiger partial charge on any atom is -0.478 e. The van der Waals surface area contributed by atoms with E-state index in [0.29, 0.717) is 5.56 Å². The summed E-state index contributed by atoms with van der Waals surface area (Å²) < 4.78 is 82.6. The van der Waals surface area contributed by atoms with E-state index in [1.165, 1.54) is 42.2 Å². The largest absolute Gasteiger partial charge is 0.478 e. The molecule has 3 aromatic rings. The van der Waals surface area contributed by atoms with Crippen molar-refractivity contribution in [3.8, 4) is 0 Å². The lowest BCUT2D eigenvalue weighted by Crippen LogP contribution is -2.31. The van der Waals surface area contributed by atoms with Crippen molar-refractivity contribution in [3.05, 3.63) is 80.4 Å². The van der Waals surface area contributed by atoms with Crippen LogP contribution in [-0.2, 0) is 25.4 Å². The minimum absolute atomic E-state index is 0.00189. The Kier molecular flexibility index (Phi) is 7.21. The van der Waals surface area contributed by atoms with Crippen LogP contribution in [0, 0.1) is 0 Å². The molecule has 0 spiro atoms. The second kappa shape index (κ2) is 9.97. The molecule has 7 nitrogen and oxygen atoms in total. The Balaban J connectivity index is 1.67. The van der Waals surface area contributed by atoms with Crippen molar-refractivity contribution in [2.24, 2.45) is 0 Å². The number of nitrogens with zero attached hydrogens (tertiary/aromatic N) is 3. The predicted octanol–water partition coefficient (Wildman–Crippen LogP) is 5.89. The number of anilines is 1. The molecule has 2 heterocycles. The van der Waals surface area contributed by atoms with Crippen LogP contribution in [0.15, 0.2) is 46.9 Å². The number of carboxylic acid groups (broad SMARTS) is 1. The number of alkyl halides is 6. The Labute approximate surface area is 220 Å². The zero-order valence-electron chi connectivity index (χ0n) is 19.5.